The van der Waals surface area contributed by atoms with E-state index in [1.807, 2.05) is 60.7 Å². The highest BCUT2D eigenvalue weighted by Gasteiger charge is 2.48. The second-order valence-corrected chi connectivity index (χ2v) is 14.0. The van der Waals surface area contributed by atoms with Crippen molar-refractivity contribution in [2.24, 2.45) is 0 Å². The van der Waals surface area contributed by atoms with Gasteiger partial charge in [0, 0.05) is 11.0 Å². The van der Waals surface area contributed by atoms with E-state index < -0.39 is 0 Å². The van der Waals surface area contributed by atoms with E-state index in [2.05, 4.69) is 72.8 Å². The third-order valence-corrected chi connectivity index (χ3v) is 10.8. The zero-order chi connectivity index (χ0) is 36.0. The van der Waals surface area contributed by atoms with E-state index in [0.717, 1.165) is 66.9 Å². The first-order valence-electron chi connectivity index (χ1n) is 18.4. The van der Waals surface area contributed by atoms with Crippen LogP contribution >= 0.6 is 0 Å². The van der Waals surface area contributed by atoms with Crippen LogP contribution in [0.5, 0.6) is 23.0 Å². The smallest absolute Gasteiger partial charge is 0.169 e. The molecule has 0 heterocycles. The highest BCUT2D eigenvalue weighted by Crippen LogP contribution is 2.56. The Bertz CT molecular complexity index is 2140. The summed E-state index contributed by atoms with van der Waals surface area (Å²) in [5.41, 5.74) is 12.8. The molecule has 6 heteroatoms. The maximum Gasteiger partial charge on any atom is 0.169 e. The molecule has 6 aromatic carbocycles. The molecule has 0 saturated carbocycles. The fourth-order valence-corrected chi connectivity index (χ4v) is 8.13. The lowest BCUT2D eigenvalue weighted by atomic mass is 9.74. The Balaban J connectivity index is 0.924. The largest absolute Gasteiger partial charge is 0.497 e. The molecular weight excluding hydrogens is 661 g/mol. The quantitative estimate of drug-likeness (QED) is 0.0831. The van der Waals surface area contributed by atoms with Crippen molar-refractivity contribution in [2.45, 2.75) is 57.2 Å². The van der Waals surface area contributed by atoms with Gasteiger partial charge in [-0.25, -0.2) is 0 Å². The molecule has 0 bridgehead atoms. The molecule has 0 aromatic heterocycles. The lowest BCUT2D eigenvalue weighted by Crippen LogP contribution is -2.24. The summed E-state index contributed by atoms with van der Waals surface area (Å²) < 4.78 is 10.5. The summed E-state index contributed by atoms with van der Waals surface area (Å²) >= 11 is 0. The van der Waals surface area contributed by atoms with E-state index in [1.54, 1.807) is 14.2 Å². The Morgan fingerprint density at radius 3 is 1.51 bits per heavy atom. The van der Waals surface area contributed by atoms with Crippen molar-refractivity contribution in [3.05, 3.63) is 189 Å². The highest BCUT2D eigenvalue weighted by molar-refractivity contribution is 5.61. The van der Waals surface area contributed by atoms with Gasteiger partial charge in [-0.2, -0.15) is 9.78 Å². The van der Waals surface area contributed by atoms with E-state index in [1.165, 1.54) is 44.5 Å². The van der Waals surface area contributed by atoms with Gasteiger partial charge in [-0.3, -0.25) is 0 Å². The van der Waals surface area contributed by atoms with Gasteiger partial charge >= 0.3 is 0 Å². The molecule has 0 radical (unpaired) electrons. The second-order valence-electron chi connectivity index (χ2n) is 14.0. The lowest BCUT2D eigenvalue weighted by molar-refractivity contribution is -0.219. The predicted molar refractivity (Wildman–Crippen MR) is 206 cm³/mol. The van der Waals surface area contributed by atoms with Crippen molar-refractivity contribution in [1.29, 1.82) is 0 Å². The van der Waals surface area contributed by atoms with Gasteiger partial charge in [-0.15, -0.1) is 0 Å². The number of fused-ring (bicyclic) bond motifs is 4. The molecule has 2 aliphatic carbocycles. The van der Waals surface area contributed by atoms with E-state index in [-0.39, 0.29) is 5.41 Å². The number of methoxy groups -OCH3 is 2. The van der Waals surface area contributed by atoms with Crippen LogP contribution in [0.15, 0.2) is 133 Å². The van der Waals surface area contributed by atoms with Crippen LogP contribution in [0.1, 0.15) is 68.5 Å². The van der Waals surface area contributed by atoms with Gasteiger partial charge in [0.25, 0.3) is 0 Å². The molecular formula is C47H44O6. The summed E-state index contributed by atoms with van der Waals surface area (Å²) in [6.07, 6.45) is 6.05. The molecule has 8 rings (SSSR count). The van der Waals surface area contributed by atoms with Gasteiger partial charge in [0.2, 0.25) is 0 Å². The Morgan fingerprint density at radius 1 is 0.453 bits per heavy atom. The van der Waals surface area contributed by atoms with Gasteiger partial charge in [0.1, 0.15) is 24.7 Å². The number of benzene rings is 6. The molecule has 53 heavy (non-hydrogen) atoms. The summed E-state index contributed by atoms with van der Waals surface area (Å²) in [4.78, 5) is 23.0. The van der Waals surface area contributed by atoms with Crippen LogP contribution in [0.2, 0.25) is 0 Å². The maximum absolute atomic E-state index is 6.18. The molecule has 1 spiro atoms. The molecule has 0 N–H and O–H groups in total. The van der Waals surface area contributed by atoms with Crippen molar-refractivity contribution in [2.75, 3.05) is 14.2 Å². The molecule has 6 aromatic rings. The van der Waals surface area contributed by atoms with Crippen molar-refractivity contribution < 1.29 is 29.0 Å². The molecule has 0 saturated heterocycles. The van der Waals surface area contributed by atoms with Crippen molar-refractivity contribution in [3.8, 4) is 23.0 Å². The van der Waals surface area contributed by atoms with Gasteiger partial charge in [-0.1, -0.05) is 91.0 Å². The molecule has 0 fully saturated rings. The minimum Gasteiger partial charge on any atom is -0.497 e. The normalized spacial score (nSPS) is 15.6. The molecule has 1 atom stereocenters. The fraction of sp³-hybridized carbons (Fsp3) is 0.234. The number of hydrogen-bond donors (Lipinski definition) is 0. The number of rotatable bonds is 14. The van der Waals surface area contributed by atoms with E-state index >= 15 is 0 Å². The van der Waals surface area contributed by atoms with Gasteiger partial charge in [0.15, 0.2) is 11.5 Å². The fourth-order valence-electron chi connectivity index (χ4n) is 8.13. The zero-order valence-corrected chi connectivity index (χ0v) is 30.3. The van der Waals surface area contributed by atoms with E-state index in [9.17, 15) is 0 Å². The van der Waals surface area contributed by atoms with Crippen LogP contribution in [-0.4, -0.2) is 14.2 Å². The van der Waals surface area contributed by atoms with Crippen LogP contribution in [0.3, 0.4) is 0 Å². The first-order valence-corrected chi connectivity index (χ1v) is 18.4. The summed E-state index contributed by atoms with van der Waals surface area (Å²) in [6.45, 7) is 0.636. The second kappa shape index (κ2) is 15.6. The van der Waals surface area contributed by atoms with Crippen molar-refractivity contribution >= 4 is 0 Å². The average Bonchev–Trinajstić information content (AvgIpc) is 3.78. The van der Waals surface area contributed by atoms with Crippen LogP contribution in [0, 0.1) is 0 Å². The Kier molecular flexibility index (Phi) is 10.2. The Morgan fingerprint density at radius 2 is 0.925 bits per heavy atom. The molecule has 0 aliphatic heterocycles. The minimum atomic E-state index is -0.0830. The Hall–Kier alpha value is -5.56. The standard InChI is InChI=1S/C47H44O6/c1-48-41-19-13-34(14-20-41)29-33-9-11-35(12-10-33)30-40-7-3-5-38-25-27-47(45(38)40)28-26-39-6-4-8-44(46(39)47)53-51-32-37-17-23-43(24-18-37)52-50-31-36-15-21-42(49-2)22-16-36/h3-24H,25-32H2,1-2H3. The number of hydrogen-bond acceptors (Lipinski definition) is 6. The first kappa shape index (κ1) is 34.5. The number of ether oxygens (including phenoxy) is 2. The average molecular weight is 705 g/mol. The topological polar surface area (TPSA) is 55.4 Å². The van der Waals surface area contributed by atoms with E-state index in [0.29, 0.717) is 19.0 Å². The Labute approximate surface area is 311 Å². The summed E-state index contributed by atoms with van der Waals surface area (Å²) in [6, 6.07) is 46.1. The third-order valence-electron chi connectivity index (χ3n) is 10.8. The summed E-state index contributed by atoms with van der Waals surface area (Å²) in [7, 11) is 3.35. The van der Waals surface area contributed by atoms with Gasteiger partial charge in [0.05, 0.1) is 14.2 Å². The molecule has 6 nitrogen and oxygen atoms in total. The summed E-state index contributed by atoms with van der Waals surface area (Å²) in [5.74, 6) is 3.12. The first-order chi connectivity index (χ1) is 26.1. The highest BCUT2D eigenvalue weighted by atomic mass is 17.2. The van der Waals surface area contributed by atoms with Crippen molar-refractivity contribution in [3.63, 3.8) is 0 Å². The SMILES string of the molecule is COc1ccc(COOc2ccc(COOc3cccc4c3C3(CCc5cccc(Cc6ccc(Cc7ccc(OC)cc7)cc6)c53)CC4)cc2)cc1. The van der Waals surface area contributed by atoms with E-state index in [4.69, 9.17) is 29.0 Å². The molecule has 268 valence electrons. The van der Waals surface area contributed by atoms with Crippen LogP contribution < -0.4 is 19.2 Å². The van der Waals surface area contributed by atoms with Crippen LogP contribution in [0.4, 0.5) is 0 Å². The van der Waals surface area contributed by atoms with Crippen molar-refractivity contribution in [1.82, 2.24) is 0 Å². The minimum absolute atomic E-state index is 0.0830. The molecule has 2 aliphatic rings. The molecule has 0 amide bonds. The van der Waals surface area contributed by atoms with Gasteiger partial charge in [-0.05, 0) is 131 Å². The third kappa shape index (κ3) is 7.52. The predicted octanol–water partition coefficient (Wildman–Crippen LogP) is 10.1. The van der Waals surface area contributed by atoms with Crippen LogP contribution in [-0.2, 0) is 54.1 Å². The van der Waals surface area contributed by atoms with Gasteiger partial charge < -0.3 is 19.2 Å². The summed E-state index contributed by atoms with van der Waals surface area (Å²) in [5, 5.41) is 0. The lowest BCUT2D eigenvalue weighted by Gasteiger charge is -2.30. The maximum atomic E-state index is 6.18. The number of aryl methyl sites for hydroxylation is 2. The monoisotopic (exact) mass is 704 g/mol. The van der Waals surface area contributed by atoms with Crippen LogP contribution in [0.25, 0.3) is 0 Å². The molecule has 1 unspecified atom stereocenters. The zero-order valence-electron chi connectivity index (χ0n) is 30.3.